The minimum Gasteiger partial charge on any atom is -0.307 e. The van der Waals surface area contributed by atoms with Gasteiger partial charge in [-0.2, -0.15) is 0 Å². The van der Waals surface area contributed by atoms with Crippen molar-refractivity contribution in [2.45, 2.75) is 31.0 Å². The molecule has 2 heterocycles. The fourth-order valence-corrected chi connectivity index (χ4v) is 2.38. The molecule has 3 heteroatoms. The van der Waals surface area contributed by atoms with E-state index in [1.807, 2.05) is 0 Å². The minimum atomic E-state index is -0.610. The first-order chi connectivity index (χ1) is 5.70. The molecule has 0 aliphatic carbocycles. The van der Waals surface area contributed by atoms with Crippen LogP contribution in [0.25, 0.3) is 0 Å². The summed E-state index contributed by atoms with van der Waals surface area (Å²) < 4.78 is 12.8. The number of nitrogens with one attached hydrogen (secondary N) is 1. The summed E-state index contributed by atoms with van der Waals surface area (Å²) in [6.45, 7) is 2.82. The first-order valence-electron chi connectivity index (χ1n) is 4.78. The Morgan fingerprint density at radius 1 is 1.50 bits per heavy atom. The molecule has 70 valence electrons. The van der Waals surface area contributed by atoms with E-state index in [9.17, 15) is 4.39 Å². The summed E-state index contributed by atoms with van der Waals surface area (Å²) in [4.78, 5) is 2.32. The first-order valence-corrected chi connectivity index (χ1v) is 4.78. The normalized spacial score (nSPS) is 44.0. The van der Waals surface area contributed by atoms with Gasteiger partial charge in [0.25, 0.3) is 0 Å². The third kappa shape index (κ3) is 1.48. The maximum absolute atomic E-state index is 12.8. The molecule has 0 aromatic rings. The van der Waals surface area contributed by atoms with Gasteiger partial charge in [-0.3, -0.25) is 0 Å². The van der Waals surface area contributed by atoms with Gasteiger partial charge >= 0.3 is 0 Å². The zero-order valence-corrected chi connectivity index (χ0v) is 7.65. The average molecular weight is 172 g/mol. The van der Waals surface area contributed by atoms with Crippen molar-refractivity contribution < 1.29 is 4.39 Å². The van der Waals surface area contributed by atoms with Crippen molar-refractivity contribution in [2.75, 3.05) is 26.7 Å². The summed E-state index contributed by atoms with van der Waals surface area (Å²) in [5.41, 5.74) is 0.261. The molecule has 1 spiro atoms. The van der Waals surface area contributed by atoms with E-state index in [4.69, 9.17) is 0 Å². The lowest BCUT2D eigenvalue weighted by molar-refractivity contribution is 0.170. The molecule has 2 rings (SSSR count). The zero-order chi connectivity index (χ0) is 8.60. The monoisotopic (exact) mass is 172 g/mol. The molecule has 2 unspecified atom stereocenters. The number of hydrogen-bond donors (Lipinski definition) is 1. The topological polar surface area (TPSA) is 15.3 Å². The number of rotatable bonds is 0. The van der Waals surface area contributed by atoms with E-state index in [0.717, 1.165) is 25.9 Å². The molecule has 0 amide bonds. The van der Waals surface area contributed by atoms with Crippen molar-refractivity contribution >= 4 is 0 Å². The molecular weight excluding hydrogens is 155 g/mol. The van der Waals surface area contributed by atoms with Crippen molar-refractivity contribution in [1.29, 1.82) is 0 Å². The van der Waals surface area contributed by atoms with Crippen LogP contribution in [0.15, 0.2) is 0 Å². The third-order valence-electron chi connectivity index (χ3n) is 3.18. The maximum atomic E-state index is 12.8. The third-order valence-corrected chi connectivity index (χ3v) is 3.18. The fraction of sp³-hybridized carbons (Fsp3) is 1.00. The molecule has 2 aliphatic rings. The molecule has 2 fully saturated rings. The van der Waals surface area contributed by atoms with Gasteiger partial charge in [0.2, 0.25) is 0 Å². The summed E-state index contributed by atoms with van der Waals surface area (Å²) in [7, 11) is 2.14. The molecule has 2 saturated heterocycles. The van der Waals surface area contributed by atoms with E-state index in [-0.39, 0.29) is 5.54 Å². The number of likely N-dealkylation sites (tertiary alicyclic amines) is 1. The Kier molecular flexibility index (Phi) is 2.09. The van der Waals surface area contributed by atoms with Crippen molar-refractivity contribution in [1.82, 2.24) is 10.2 Å². The lowest BCUT2D eigenvalue weighted by atomic mass is 9.88. The number of halogens is 1. The van der Waals surface area contributed by atoms with Gasteiger partial charge in [0.1, 0.15) is 6.17 Å². The minimum absolute atomic E-state index is 0.261. The molecule has 0 radical (unpaired) electrons. The molecular formula is C9H17FN2. The number of alkyl halides is 1. The summed E-state index contributed by atoms with van der Waals surface area (Å²) in [6, 6.07) is 0. The average Bonchev–Trinajstić information content (AvgIpc) is 2.40. The Bertz CT molecular complexity index is 164. The van der Waals surface area contributed by atoms with Crippen molar-refractivity contribution in [3.05, 3.63) is 0 Å². The van der Waals surface area contributed by atoms with Crippen molar-refractivity contribution in [2.24, 2.45) is 0 Å². The maximum Gasteiger partial charge on any atom is 0.113 e. The molecule has 12 heavy (non-hydrogen) atoms. The smallest absolute Gasteiger partial charge is 0.113 e. The van der Waals surface area contributed by atoms with Gasteiger partial charge in [-0.1, -0.05) is 0 Å². The van der Waals surface area contributed by atoms with Gasteiger partial charge in [-0.25, -0.2) is 4.39 Å². The van der Waals surface area contributed by atoms with Crippen molar-refractivity contribution in [3.63, 3.8) is 0 Å². The van der Waals surface area contributed by atoms with Crippen LogP contribution in [0, 0.1) is 0 Å². The molecule has 0 aromatic heterocycles. The number of piperidine rings is 1. The van der Waals surface area contributed by atoms with E-state index in [2.05, 4.69) is 17.3 Å². The zero-order valence-electron chi connectivity index (χ0n) is 7.65. The van der Waals surface area contributed by atoms with Crippen LogP contribution in [0.1, 0.15) is 19.3 Å². The summed E-state index contributed by atoms with van der Waals surface area (Å²) >= 11 is 0. The predicted octanol–water partition coefficient (Wildman–Crippen LogP) is 0.782. The molecule has 2 nitrogen and oxygen atoms in total. The van der Waals surface area contributed by atoms with Crippen LogP contribution in [0.5, 0.6) is 0 Å². The summed E-state index contributed by atoms with van der Waals surface area (Å²) in [5.74, 6) is 0. The highest BCUT2D eigenvalue weighted by atomic mass is 19.1. The Balaban J connectivity index is 1.95. The highest BCUT2D eigenvalue weighted by molar-refractivity contribution is 4.99. The van der Waals surface area contributed by atoms with Crippen LogP contribution >= 0.6 is 0 Å². The van der Waals surface area contributed by atoms with Gasteiger partial charge in [0.05, 0.1) is 0 Å². The van der Waals surface area contributed by atoms with E-state index in [1.165, 1.54) is 6.42 Å². The number of nitrogens with zero attached hydrogens (tertiary/aromatic N) is 1. The van der Waals surface area contributed by atoms with E-state index >= 15 is 0 Å². The van der Waals surface area contributed by atoms with Crippen LogP contribution in [0.4, 0.5) is 4.39 Å². The van der Waals surface area contributed by atoms with Gasteiger partial charge in [-0.15, -0.1) is 0 Å². The second-order valence-corrected chi connectivity index (χ2v) is 4.28. The van der Waals surface area contributed by atoms with Crippen LogP contribution in [0.2, 0.25) is 0 Å². The van der Waals surface area contributed by atoms with Crippen LogP contribution in [-0.4, -0.2) is 43.3 Å². The predicted molar refractivity (Wildman–Crippen MR) is 47.0 cm³/mol. The SMILES string of the molecule is CN1CCC2(CCC(F)CN2)C1. The van der Waals surface area contributed by atoms with Gasteiger partial charge < -0.3 is 10.2 Å². The molecule has 0 bridgehead atoms. The van der Waals surface area contributed by atoms with Crippen molar-refractivity contribution in [3.8, 4) is 0 Å². The van der Waals surface area contributed by atoms with E-state index < -0.39 is 6.17 Å². The molecule has 2 aliphatic heterocycles. The molecule has 0 saturated carbocycles. The lowest BCUT2D eigenvalue weighted by Gasteiger charge is -2.36. The highest BCUT2D eigenvalue weighted by Gasteiger charge is 2.39. The van der Waals surface area contributed by atoms with Gasteiger partial charge in [0, 0.05) is 18.6 Å². The lowest BCUT2D eigenvalue weighted by Crippen LogP contribution is -2.53. The molecule has 2 atom stereocenters. The Morgan fingerprint density at radius 2 is 2.33 bits per heavy atom. The Hall–Kier alpha value is -0.150. The summed E-state index contributed by atoms with van der Waals surface area (Å²) in [6.07, 6.45) is 2.34. The van der Waals surface area contributed by atoms with E-state index in [1.54, 1.807) is 0 Å². The van der Waals surface area contributed by atoms with Crippen LogP contribution in [0.3, 0.4) is 0 Å². The number of hydrogen-bond acceptors (Lipinski definition) is 2. The van der Waals surface area contributed by atoms with Gasteiger partial charge in [0.15, 0.2) is 0 Å². The largest absolute Gasteiger partial charge is 0.307 e. The summed E-state index contributed by atoms with van der Waals surface area (Å²) in [5, 5.41) is 3.36. The van der Waals surface area contributed by atoms with E-state index in [0.29, 0.717) is 6.54 Å². The Labute approximate surface area is 73.1 Å². The number of likely N-dealkylation sites (N-methyl/N-ethyl adjacent to an activating group) is 1. The molecule has 0 aromatic carbocycles. The van der Waals surface area contributed by atoms with Crippen LogP contribution in [-0.2, 0) is 0 Å². The second kappa shape index (κ2) is 2.96. The highest BCUT2D eigenvalue weighted by Crippen LogP contribution is 2.29. The standard InChI is InChI=1S/C9H17FN2/c1-12-5-4-9(7-12)3-2-8(10)6-11-9/h8,11H,2-7H2,1H3. The Morgan fingerprint density at radius 3 is 2.83 bits per heavy atom. The second-order valence-electron chi connectivity index (χ2n) is 4.28. The molecule has 1 N–H and O–H groups in total. The first kappa shape index (κ1) is 8.45. The van der Waals surface area contributed by atoms with Crippen LogP contribution < -0.4 is 5.32 Å². The van der Waals surface area contributed by atoms with Gasteiger partial charge in [-0.05, 0) is 32.9 Å². The quantitative estimate of drug-likeness (QED) is 0.581. The fourth-order valence-electron chi connectivity index (χ4n) is 2.38.